The lowest BCUT2D eigenvalue weighted by Crippen LogP contribution is -2.60. The van der Waals surface area contributed by atoms with Gasteiger partial charge in [-0.25, -0.2) is 0 Å². The van der Waals surface area contributed by atoms with Crippen molar-refractivity contribution >= 4 is 0 Å². The highest BCUT2D eigenvalue weighted by Crippen LogP contribution is 2.49. The van der Waals surface area contributed by atoms with Crippen LogP contribution in [0.5, 0.6) is 0 Å². The Morgan fingerprint density at radius 2 is 1.94 bits per heavy atom. The van der Waals surface area contributed by atoms with Crippen molar-refractivity contribution in [3.63, 3.8) is 0 Å². The quantitative estimate of drug-likeness (QED) is 0.881. The van der Waals surface area contributed by atoms with Crippen molar-refractivity contribution in [2.24, 2.45) is 11.3 Å². The summed E-state index contributed by atoms with van der Waals surface area (Å²) in [6.45, 7) is 2.17. The van der Waals surface area contributed by atoms with E-state index in [4.69, 9.17) is 0 Å². The molecule has 1 N–H and O–H groups in total. The molecule has 98 valence electrons. The van der Waals surface area contributed by atoms with E-state index >= 15 is 0 Å². The molecule has 1 aromatic rings. The Hall–Kier alpha value is -1.17. The van der Waals surface area contributed by atoms with E-state index in [2.05, 4.69) is 15.5 Å². The Labute approximate surface area is 103 Å². The second-order valence-corrected chi connectivity index (χ2v) is 5.49. The molecule has 2 heterocycles. The average Bonchev–Trinajstić information content (AvgIpc) is 2.19. The average molecular weight is 257 g/mol. The number of alkyl halides is 3. The van der Waals surface area contributed by atoms with Gasteiger partial charge in [-0.3, -0.25) is 0 Å². The largest absolute Gasteiger partial charge is 0.435 e. The van der Waals surface area contributed by atoms with Gasteiger partial charge >= 0.3 is 6.18 Å². The number of aromatic nitrogens is 2. The minimum absolute atomic E-state index is 0.490. The first-order valence-corrected chi connectivity index (χ1v) is 6.07. The van der Waals surface area contributed by atoms with Crippen molar-refractivity contribution < 1.29 is 13.2 Å². The van der Waals surface area contributed by atoms with Gasteiger partial charge in [-0.2, -0.15) is 18.3 Å². The summed E-state index contributed by atoms with van der Waals surface area (Å²) in [4.78, 5) is 0. The van der Waals surface area contributed by atoms with Crippen LogP contribution in [0.15, 0.2) is 12.1 Å². The fraction of sp³-hybridized carbons (Fsp3) is 0.667. The number of nitrogens with one attached hydrogen (secondary N) is 1. The first kappa shape index (κ1) is 11.9. The van der Waals surface area contributed by atoms with Crippen LogP contribution >= 0.6 is 0 Å². The molecule has 0 bridgehead atoms. The van der Waals surface area contributed by atoms with Crippen LogP contribution in [0.4, 0.5) is 13.2 Å². The molecular formula is C12H14F3N3. The number of nitrogens with zero attached hydrogens (tertiary/aromatic N) is 2. The summed E-state index contributed by atoms with van der Waals surface area (Å²) >= 11 is 0. The van der Waals surface area contributed by atoms with Gasteiger partial charge in [0.25, 0.3) is 0 Å². The molecule has 1 saturated heterocycles. The van der Waals surface area contributed by atoms with E-state index in [0.717, 1.165) is 38.4 Å². The third kappa shape index (κ3) is 2.09. The monoisotopic (exact) mass is 257 g/mol. The van der Waals surface area contributed by atoms with Crippen molar-refractivity contribution in [1.82, 2.24) is 15.5 Å². The highest BCUT2D eigenvalue weighted by Gasteiger charge is 2.48. The van der Waals surface area contributed by atoms with E-state index < -0.39 is 11.9 Å². The second-order valence-electron chi connectivity index (χ2n) is 5.49. The SMILES string of the molecule is FC(F)(F)c1ccc(CC2CC3(CNC3)C2)nn1. The van der Waals surface area contributed by atoms with Crippen molar-refractivity contribution in [1.29, 1.82) is 0 Å². The first-order valence-electron chi connectivity index (χ1n) is 6.07. The number of hydrogen-bond acceptors (Lipinski definition) is 3. The van der Waals surface area contributed by atoms with Gasteiger partial charge in [0.2, 0.25) is 0 Å². The van der Waals surface area contributed by atoms with E-state index in [1.807, 2.05) is 0 Å². The third-order valence-corrected chi connectivity index (χ3v) is 3.95. The summed E-state index contributed by atoms with van der Waals surface area (Å²) in [7, 11) is 0. The van der Waals surface area contributed by atoms with Gasteiger partial charge < -0.3 is 5.32 Å². The summed E-state index contributed by atoms with van der Waals surface area (Å²) in [6, 6.07) is 2.46. The maximum Gasteiger partial charge on any atom is 0.435 e. The molecular weight excluding hydrogens is 243 g/mol. The van der Waals surface area contributed by atoms with Gasteiger partial charge in [-0.1, -0.05) is 0 Å². The smallest absolute Gasteiger partial charge is 0.316 e. The maximum absolute atomic E-state index is 12.3. The Morgan fingerprint density at radius 3 is 2.39 bits per heavy atom. The van der Waals surface area contributed by atoms with Crippen LogP contribution in [0.25, 0.3) is 0 Å². The second kappa shape index (κ2) is 3.91. The van der Waals surface area contributed by atoms with Gasteiger partial charge in [0.15, 0.2) is 5.69 Å². The van der Waals surface area contributed by atoms with Gasteiger partial charge in [-0.15, -0.1) is 5.10 Å². The van der Waals surface area contributed by atoms with Gasteiger partial charge in [0.1, 0.15) is 0 Å². The van der Waals surface area contributed by atoms with Gasteiger partial charge in [-0.05, 0) is 42.7 Å². The molecule has 3 rings (SSSR count). The standard InChI is InChI=1S/C12H14F3N3/c13-12(14,15)10-2-1-9(17-18-10)3-8-4-11(5-8)6-16-7-11/h1-2,8,16H,3-7H2. The van der Waals surface area contributed by atoms with E-state index in [-0.39, 0.29) is 0 Å². The zero-order valence-corrected chi connectivity index (χ0v) is 9.80. The molecule has 0 radical (unpaired) electrons. The molecule has 1 spiro atoms. The summed E-state index contributed by atoms with van der Waals surface area (Å²) < 4.78 is 36.9. The van der Waals surface area contributed by atoms with E-state index in [0.29, 0.717) is 17.0 Å². The fourth-order valence-corrected chi connectivity index (χ4v) is 2.99. The van der Waals surface area contributed by atoms with Gasteiger partial charge in [0.05, 0.1) is 5.69 Å². The predicted molar refractivity (Wildman–Crippen MR) is 58.8 cm³/mol. The molecule has 2 fully saturated rings. The molecule has 1 aromatic heterocycles. The molecule has 3 nitrogen and oxygen atoms in total. The lowest BCUT2D eigenvalue weighted by atomic mass is 9.57. The Morgan fingerprint density at radius 1 is 1.22 bits per heavy atom. The molecule has 6 heteroatoms. The van der Waals surface area contributed by atoms with Crippen molar-refractivity contribution in [3.05, 3.63) is 23.5 Å². The Bertz CT molecular complexity index is 429. The number of hydrogen-bond donors (Lipinski definition) is 1. The topological polar surface area (TPSA) is 37.8 Å². The third-order valence-electron chi connectivity index (χ3n) is 3.95. The summed E-state index contributed by atoms with van der Waals surface area (Å²) in [5.74, 6) is 0.554. The molecule has 0 unspecified atom stereocenters. The van der Waals surface area contributed by atoms with Crippen molar-refractivity contribution in [2.45, 2.75) is 25.4 Å². The van der Waals surface area contributed by atoms with Crippen LogP contribution in [0.1, 0.15) is 24.2 Å². The van der Waals surface area contributed by atoms with E-state index in [1.54, 1.807) is 0 Å². The first-order chi connectivity index (χ1) is 8.47. The number of halogens is 3. The molecule has 0 atom stereocenters. The van der Waals surface area contributed by atoms with E-state index in [9.17, 15) is 13.2 Å². The highest BCUT2D eigenvalue weighted by molar-refractivity contribution is 5.12. The highest BCUT2D eigenvalue weighted by atomic mass is 19.4. The predicted octanol–water partition coefficient (Wildman–Crippen LogP) is 2.04. The van der Waals surface area contributed by atoms with E-state index in [1.165, 1.54) is 6.07 Å². The minimum Gasteiger partial charge on any atom is -0.316 e. The fourth-order valence-electron chi connectivity index (χ4n) is 2.99. The Balaban J connectivity index is 1.57. The molecule has 1 saturated carbocycles. The van der Waals surface area contributed by atoms with Crippen LogP contribution < -0.4 is 5.32 Å². The van der Waals surface area contributed by atoms with Crippen LogP contribution in [0, 0.1) is 11.3 Å². The van der Waals surface area contributed by atoms with Crippen LogP contribution in [-0.4, -0.2) is 23.3 Å². The molecule has 2 aliphatic rings. The minimum atomic E-state index is -4.40. The molecule has 18 heavy (non-hydrogen) atoms. The zero-order valence-electron chi connectivity index (χ0n) is 9.80. The zero-order chi connectivity index (χ0) is 12.8. The summed E-state index contributed by atoms with van der Waals surface area (Å²) in [5, 5.41) is 10.2. The van der Waals surface area contributed by atoms with Crippen molar-refractivity contribution in [3.8, 4) is 0 Å². The molecule has 1 aliphatic carbocycles. The normalized spacial score (nSPS) is 22.6. The molecule has 1 aliphatic heterocycles. The molecule has 0 amide bonds. The molecule has 0 aromatic carbocycles. The van der Waals surface area contributed by atoms with Crippen LogP contribution in [0.3, 0.4) is 0 Å². The summed E-state index contributed by atoms with van der Waals surface area (Å²) in [5.41, 5.74) is 0.235. The van der Waals surface area contributed by atoms with Crippen molar-refractivity contribution in [2.75, 3.05) is 13.1 Å². The number of rotatable bonds is 2. The lowest BCUT2D eigenvalue weighted by Gasteiger charge is -2.54. The van der Waals surface area contributed by atoms with Crippen LogP contribution in [0.2, 0.25) is 0 Å². The van der Waals surface area contributed by atoms with Crippen LogP contribution in [-0.2, 0) is 12.6 Å². The Kier molecular flexibility index (Phi) is 2.59. The maximum atomic E-state index is 12.3. The summed E-state index contributed by atoms with van der Waals surface area (Å²) in [6.07, 6.45) is -1.35. The van der Waals surface area contributed by atoms with Gasteiger partial charge in [0, 0.05) is 13.1 Å². The lowest BCUT2D eigenvalue weighted by molar-refractivity contribution is -0.141.